The van der Waals surface area contributed by atoms with Gasteiger partial charge in [0.15, 0.2) is 11.5 Å². The molecule has 2 N–H and O–H groups in total. The molecule has 3 aliphatic heterocycles. The number of carbonyl (C=O) groups excluding carboxylic acids is 5. The molecule has 3 aliphatic rings. The molecular weight excluding hydrogens is 801 g/mol. The molecule has 1 aromatic heterocycles. The van der Waals surface area contributed by atoms with Crippen molar-refractivity contribution in [3.8, 4) is 0 Å². The molecule has 1 atom stereocenters. The van der Waals surface area contributed by atoms with Gasteiger partial charge in [0, 0.05) is 68.4 Å². The molecule has 0 bridgehead atoms. The standard InChI is InChI=1S/C41H63BF2N6O9S/c1-7-14-30-26-32(16-13-25-50(4,5)6)47-35(30)28-36-31(15-8-2)27-33(48(36)42(47,43)44)19-20-38(52)45-34(29-60(56,57)58)37(51)17-12-24-46(3)23-11-9-10-18-41(55)59-49-39(53)21-22-40(49)54/h26-28,34H,7-25,29H2,1-6H3,(H-,45,52,56,57,58)/p+1. The van der Waals surface area contributed by atoms with Gasteiger partial charge in [-0.25, -0.2) is 4.79 Å². The van der Waals surface area contributed by atoms with Gasteiger partial charge in [-0.15, -0.1) is 5.06 Å². The lowest BCUT2D eigenvalue weighted by Crippen LogP contribution is -2.51. The first-order chi connectivity index (χ1) is 28.1. The molecule has 334 valence electrons. The van der Waals surface area contributed by atoms with Crippen LogP contribution in [0, 0.1) is 0 Å². The molecule has 1 saturated heterocycles. The second kappa shape index (κ2) is 21.1. The SMILES string of the molecule is CCCC1=CC(CCC(=O)NC(CS(=O)(=O)O)C(=O)CCCN(C)CCCCCC(=O)ON2C(=O)CCC2=O)=[N+]2C1=Cc1c(CCC)cc(CCC[N+](C)(C)C)n1[B-]2(F)F. The quantitative estimate of drug-likeness (QED) is 0.0445. The maximum Gasteiger partial charge on any atom is 0.737 e. The highest BCUT2D eigenvalue weighted by Gasteiger charge is 2.54. The summed E-state index contributed by atoms with van der Waals surface area (Å²) in [6, 6.07) is 0.398. The van der Waals surface area contributed by atoms with E-state index < -0.39 is 58.4 Å². The largest absolute Gasteiger partial charge is 0.737 e. The van der Waals surface area contributed by atoms with Crippen LogP contribution < -0.4 is 5.32 Å². The summed E-state index contributed by atoms with van der Waals surface area (Å²) in [6.45, 7) is 1.59. The fourth-order valence-corrected chi connectivity index (χ4v) is 8.74. The molecule has 1 aromatic rings. The number of hydroxylamine groups is 2. The lowest BCUT2D eigenvalue weighted by atomic mass is 9.88. The van der Waals surface area contributed by atoms with E-state index in [0.29, 0.717) is 84.7 Å². The summed E-state index contributed by atoms with van der Waals surface area (Å²) in [4.78, 5) is 68.5. The number of hydrogen-bond acceptors (Lipinski definition) is 9. The summed E-state index contributed by atoms with van der Waals surface area (Å²) in [6.07, 6.45) is 9.40. The third-order valence-corrected chi connectivity index (χ3v) is 11.7. The van der Waals surface area contributed by atoms with Crippen LogP contribution in [0.25, 0.3) is 6.08 Å². The molecule has 15 nitrogen and oxygen atoms in total. The van der Waals surface area contributed by atoms with E-state index in [1.807, 2.05) is 37.9 Å². The topological polar surface area (TPSA) is 175 Å². The van der Waals surface area contributed by atoms with E-state index in [9.17, 15) is 36.9 Å². The van der Waals surface area contributed by atoms with Crippen molar-refractivity contribution < 1.29 is 59.4 Å². The Hall–Kier alpha value is -4.07. The van der Waals surface area contributed by atoms with Crippen molar-refractivity contribution in [2.75, 3.05) is 53.6 Å². The van der Waals surface area contributed by atoms with Gasteiger partial charge in [0.25, 0.3) is 21.9 Å². The minimum absolute atomic E-state index is 0.0245. The molecule has 1 unspecified atom stereocenters. The number of aromatic nitrogens is 1. The number of aryl methyl sites for hydroxylation is 2. The zero-order valence-corrected chi connectivity index (χ0v) is 37.0. The Kier molecular flexibility index (Phi) is 17.1. The normalized spacial score (nSPS) is 16.9. The van der Waals surface area contributed by atoms with Crippen LogP contribution in [0.4, 0.5) is 8.63 Å². The highest BCUT2D eigenvalue weighted by Crippen LogP contribution is 2.39. The van der Waals surface area contributed by atoms with Crippen LogP contribution in [0.1, 0.15) is 121 Å². The molecule has 0 spiro atoms. The number of quaternary nitrogens is 1. The Morgan fingerprint density at radius 3 is 2.23 bits per heavy atom. The average molecular weight is 866 g/mol. The summed E-state index contributed by atoms with van der Waals surface area (Å²) in [7, 11) is 3.38. The molecule has 1 fully saturated rings. The zero-order valence-electron chi connectivity index (χ0n) is 36.1. The summed E-state index contributed by atoms with van der Waals surface area (Å²) in [5, 5.41) is 2.97. The second-order valence-electron chi connectivity index (χ2n) is 17.3. The van der Waals surface area contributed by atoms with Gasteiger partial charge in [0.2, 0.25) is 5.91 Å². The molecule has 4 rings (SSSR count). The summed E-state index contributed by atoms with van der Waals surface area (Å²) in [5.74, 6) is -4.02. The number of Topliss-reactive ketones (excluding diaryl/α,β-unsaturated/α-hetero) is 1. The van der Waals surface area contributed by atoms with Gasteiger partial charge in [-0.05, 0) is 76.0 Å². The van der Waals surface area contributed by atoms with Crippen LogP contribution in [0.5, 0.6) is 0 Å². The minimum Gasteiger partial charge on any atom is -0.394 e. The van der Waals surface area contributed by atoms with Gasteiger partial charge in [-0.3, -0.25) is 23.7 Å². The third kappa shape index (κ3) is 13.5. The van der Waals surface area contributed by atoms with Crippen molar-refractivity contribution >= 4 is 58.3 Å². The number of unbranched alkanes of at least 4 members (excludes halogenated alkanes) is 2. The molecule has 60 heavy (non-hydrogen) atoms. The first-order valence-corrected chi connectivity index (χ1v) is 22.9. The van der Waals surface area contributed by atoms with Crippen molar-refractivity contribution in [3.63, 3.8) is 0 Å². The van der Waals surface area contributed by atoms with Crippen LogP contribution in [0.2, 0.25) is 0 Å². The number of halogens is 2. The first kappa shape index (κ1) is 48.6. The van der Waals surface area contributed by atoms with Crippen LogP contribution >= 0.6 is 0 Å². The maximum atomic E-state index is 17.0. The fraction of sp³-hybridized carbons (Fsp3) is 0.659. The van der Waals surface area contributed by atoms with Gasteiger partial charge in [-0.1, -0.05) is 33.1 Å². The number of nitrogens with one attached hydrogen (secondary N) is 1. The lowest BCUT2D eigenvalue weighted by molar-refractivity contribution is -0.870. The Bertz CT molecular complexity index is 1970. The molecule has 4 heterocycles. The van der Waals surface area contributed by atoms with E-state index in [2.05, 4.69) is 26.5 Å². The van der Waals surface area contributed by atoms with E-state index in [0.717, 1.165) is 41.4 Å². The number of rotatable bonds is 26. The molecule has 0 aromatic carbocycles. The number of amides is 3. The number of allylic oxidation sites excluding steroid dienone is 2. The van der Waals surface area contributed by atoms with Crippen molar-refractivity contribution in [3.05, 3.63) is 40.4 Å². The first-order valence-electron chi connectivity index (χ1n) is 21.3. The third-order valence-electron chi connectivity index (χ3n) is 11.0. The fourth-order valence-electron chi connectivity index (χ4n) is 8.05. The number of nitrogens with zero attached hydrogens (tertiary/aromatic N) is 5. The van der Waals surface area contributed by atoms with Crippen LogP contribution in [0.3, 0.4) is 0 Å². The second-order valence-corrected chi connectivity index (χ2v) is 18.8. The van der Waals surface area contributed by atoms with E-state index in [1.54, 1.807) is 6.08 Å². The van der Waals surface area contributed by atoms with Gasteiger partial charge >= 0.3 is 12.9 Å². The number of carbonyl (C=O) groups is 5. The van der Waals surface area contributed by atoms with Crippen molar-refractivity contribution in [1.29, 1.82) is 0 Å². The highest BCUT2D eigenvalue weighted by atomic mass is 32.2. The monoisotopic (exact) mass is 865 g/mol. The summed E-state index contributed by atoms with van der Waals surface area (Å²) in [5.41, 5.74) is 3.46. The van der Waals surface area contributed by atoms with Crippen LogP contribution in [-0.2, 0) is 51.8 Å². The van der Waals surface area contributed by atoms with E-state index in [4.69, 9.17) is 4.84 Å². The minimum atomic E-state index is -4.66. The smallest absolute Gasteiger partial charge is 0.394 e. The maximum absolute atomic E-state index is 17.0. The highest BCUT2D eigenvalue weighted by molar-refractivity contribution is 7.85. The number of ketones is 1. The van der Waals surface area contributed by atoms with Gasteiger partial charge in [0.1, 0.15) is 17.5 Å². The predicted octanol–water partition coefficient (Wildman–Crippen LogP) is 4.45. The molecule has 19 heteroatoms. The van der Waals surface area contributed by atoms with Gasteiger partial charge in [-0.2, -0.15) is 8.42 Å². The van der Waals surface area contributed by atoms with Crippen molar-refractivity contribution in [1.82, 2.24) is 19.8 Å². The molecular formula is C41H64BF2N6O9S+. The lowest BCUT2D eigenvalue weighted by Gasteiger charge is -2.32. The number of imide groups is 1. The Labute approximate surface area is 353 Å². The number of hydrogen-bond donors (Lipinski definition) is 2. The van der Waals surface area contributed by atoms with Gasteiger partial charge in [0.05, 0.1) is 27.7 Å². The van der Waals surface area contributed by atoms with Crippen molar-refractivity contribution in [2.45, 2.75) is 123 Å². The Morgan fingerprint density at radius 2 is 1.60 bits per heavy atom. The van der Waals surface area contributed by atoms with Crippen LogP contribution in [0.15, 0.2) is 23.4 Å². The summed E-state index contributed by atoms with van der Waals surface area (Å²) >= 11 is 0. The summed E-state index contributed by atoms with van der Waals surface area (Å²) < 4.78 is 70.4. The Balaban J connectivity index is 1.35. The number of fused-ring (bicyclic) bond motifs is 2. The predicted molar refractivity (Wildman–Crippen MR) is 224 cm³/mol. The van der Waals surface area contributed by atoms with E-state index >= 15 is 8.63 Å². The molecule has 0 saturated carbocycles. The van der Waals surface area contributed by atoms with Gasteiger partial charge < -0.3 is 37.1 Å². The van der Waals surface area contributed by atoms with E-state index in [-0.39, 0.29) is 44.2 Å². The Morgan fingerprint density at radius 1 is 0.933 bits per heavy atom. The average Bonchev–Trinajstić information content (AvgIpc) is 3.79. The van der Waals surface area contributed by atoms with Crippen LogP contribution in [-0.4, -0.2) is 138 Å². The molecule has 0 aliphatic carbocycles. The molecule has 3 amide bonds. The molecule has 0 radical (unpaired) electrons. The van der Waals surface area contributed by atoms with Crippen molar-refractivity contribution in [2.24, 2.45) is 0 Å². The van der Waals surface area contributed by atoms with E-state index in [1.165, 1.54) is 4.48 Å². The zero-order chi connectivity index (χ0) is 44.4.